The van der Waals surface area contributed by atoms with E-state index < -0.39 is 0 Å². The first-order valence-electron chi connectivity index (χ1n) is 7.42. The van der Waals surface area contributed by atoms with Crippen molar-refractivity contribution >= 4 is 34.8 Å². The number of rotatable bonds is 4. The molecule has 1 saturated heterocycles. The zero-order chi connectivity index (χ0) is 16.2. The largest absolute Gasteiger partial charge is 0.368 e. The first-order chi connectivity index (χ1) is 11.1. The number of halogens is 1. The first-order valence-corrected chi connectivity index (χ1v) is 7.79. The fourth-order valence-corrected chi connectivity index (χ4v) is 2.51. The summed E-state index contributed by atoms with van der Waals surface area (Å²) in [5, 5.41) is 14.6. The zero-order valence-electron chi connectivity index (χ0n) is 12.7. The Kier molecular flexibility index (Phi) is 4.73. The number of hydrogen-bond donors (Lipinski definition) is 2. The molecule has 0 aliphatic carbocycles. The Morgan fingerprint density at radius 1 is 1.26 bits per heavy atom. The maximum Gasteiger partial charge on any atom is 0.254 e. The minimum absolute atomic E-state index is 0.178. The summed E-state index contributed by atoms with van der Waals surface area (Å²) in [6, 6.07) is 9.05. The van der Waals surface area contributed by atoms with Gasteiger partial charge in [0, 0.05) is 17.3 Å². The fraction of sp³-hybridized carbons (Fsp3) is 0.312. The van der Waals surface area contributed by atoms with Gasteiger partial charge in [0.05, 0.1) is 0 Å². The third-order valence-corrected chi connectivity index (χ3v) is 4.08. The van der Waals surface area contributed by atoms with Gasteiger partial charge in [0.1, 0.15) is 6.10 Å². The Labute approximate surface area is 139 Å². The van der Waals surface area contributed by atoms with Crippen LogP contribution in [0.2, 0.25) is 5.02 Å². The topological polar surface area (TPSA) is 76.1 Å². The average Bonchev–Trinajstić information content (AvgIpc) is 3.08. The molecular formula is C16H17ClN4O2. The Balaban J connectivity index is 1.65. The van der Waals surface area contributed by atoms with Crippen LogP contribution in [-0.2, 0) is 9.53 Å². The van der Waals surface area contributed by atoms with Crippen LogP contribution in [0.5, 0.6) is 0 Å². The molecule has 7 heteroatoms. The molecule has 0 bridgehead atoms. The molecule has 1 amide bonds. The predicted molar refractivity (Wildman–Crippen MR) is 89.1 cm³/mol. The van der Waals surface area contributed by atoms with Crippen LogP contribution >= 0.6 is 11.6 Å². The van der Waals surface area contributed by atoms with Gasteiger partial charge in [-0.3, -0.25) is 4.79 Å². The van der Waals surface area contributed by atoms with E-state index >= 15 is 0 Å². The second-order valence-electron chi connectivity index (χ2n) is 5.33. The number of carbonyl (C=O) groups excluding carboxylic acids is 1. The summed E-state index contributed by atoms with van der Waals surface area (Å²) in [7, 11) is 0. The summed E-state index contributed by atoms with van der Waals surface area (Å²) in [6.45, 7) is 2.56. The van der Waals surface area contributed by atoms with Gasteiger partial charge in [0.2, 0.25) is 0 Å². The highest BCUT2D eigenvalue weighted by Crippen LogP contribution is 2.25. The molecule has 1 aliphatic rings. The van der Waals surface area contributed by atoms with Crippen molar-refractivity contribution in [2.75, 3.05) is 17.2 Å². The predicted octanol–water partition coefficient (Wildman–Crippen LogP) is 3.30. The van der Waals surface area contributed by atoms with Gasteiger partial charge in [-0.15, -0.1) is 10.2 Å². The summed E-state index contributed by atoms with van der Waals surface area (Å²) < 4.78 is 5.33. The molecule has 0 spiro atoms. The number of amides is 1. The summed E-state index contributed by atoms with van der Waals surface area (Å²) in [6.07, 6.45) is 1.27. The van der Waals surface area contributed by atoms with Crippen LogP contribution in [0.25, 0.3) is 0 Å². The number of nitrogens with zero attached hydrogens (tertiary/aromatic N) is 2. The molecule has 1 aromatic heterocycles. The van der Waals surface area contributed by atoms with Gasteiger partial charge in [-0.25, -0.2) is 0 Å². The van der Waals surface area contributed by atoms with Gasteiger partial charge in [0.25, 0.3) is 5.91 Å². The maximum atomic E-state index is 11.9. The molecule has 0 saturated carbocycles. The second kappa shape index (κ2) is 6.93. The molecule has 1 aromatic carbocycles. The van der Waals surface area contributed by atoms with E-state index in [-0.39, 0.29) is 12.0 Å². The monoisotopic (exact) mass is 332 g/mol. The van der Waals surface area contributed by atoms with Gasteiger partial charge in [-0.1, -0.05) is 17.7 Å². The van der Waals surface area contributed by atoms with Gasteiger partial charge in [-0.2, -0.15) is 0 Å². The summed E-state index contributed by atoms with van der Waals surface area (Å²) >= 11 is 6.09. The molecule has 1 aliphatic heterocycles. The highest BCUT2D eigenvalue weighted by atomic mass is 35.5. The average molecular weight is 333 g/mol. The van der Waals surface area contributed by atoms with E-state index in [1.54, 1.807) is 12.1 Å². The maximum absolute atomic E-state index is 11.9. The lowest BCUT2D eigenvalue weighted by atomic mass is 10.2. The first kappa shape index (κ1) is 15.7. The number of anilines is 3. The standard InChI is InChI=1S/C16H17ClN4O2/c1-10-11(17)4-2-5-12(10)18-14-7-8-15(21-20-14)19-16(22)13-6-3-9-23-13/h2,4-5,7-8,13H,3,6,9H2,1H3,(H,18,20)(H,19,21,22). The summed E-state index contributed by atoms with van der Waals surface area (Å²) in [4.78, 5) is 11.9. The highest BCUT2D eigenvalue weighted by Gasteiger charge is 2.23. The van der Waals surface area contributed by atoms with Crippen molar-refractivity contribution in [1.82, 2.24) is 10.2 Å². The molecule has 0 radical (unpaired) electrons. The molecular weight excluding hydrogens is 316 g/mol. The zero-order valence-corrected chi connectivity index (χ0v) is 13.4. The van der Waals surface area contributed by atoms with Crippen molar-refractivity contribution < 1.29 is 9.53 Å². The lowest BCUT2D eigenvalue weighted by Crippen LogP contribution is -2.27. The van der Waals surface area contributed by atoms with Gasteiger partial charge < -0.3 is 15.4 Å². The van der Waals surface area contributed by atoms with E-state index in [4.69, 9.17) is 16.3 Å². The molecule has 1 fully saturated rings. The van der Waals surface area contributed by atoms with Crippen molar-refractivity contribution in [1.29, 1.82) is 0 Å². The normalized spacial score (nSPS) is 17.0. The third-order valence-electron chi connectivity index (χ3n) is 3.67. The molecule has 23 heavy (non-hydrogen) atoms. The van der Waals surface area contributed by atoms with Crippen molar-refractivity contribution in [3.8, 4) is 0 Å². The minimum Gasteiger partial charge on any atom is -0.368 e. The number of benzene rings is 1. The smallest absolute Gasteiger partial charge is 0.254 e. The van der Waals surface area contributed by atoms with Gasteiger partial charge in [0.15, 0.2) is 11.6 Å². The molecule has 2 N–H and O–H groups in total. The van der Waals surface area contributed by atoms with Gasteiger partial charge >= 0.3 is 0 Å². The molecule has 1 unspecified atom stereocenters. The van der Waals surface area contributed by atoms with E-state index in [2.05, 4.69) is 20.8 Å². The van der Waals surface area contributed by atoms with Crippen LogP contribution in [0, 0.1) is 6.92 Å². The molecule has 2 heterocycles. The van der Waals surface area contributed by atoms with E-state index in [0.717, 1.165) is 24.1 Å². The van der Waals surface area contributed by atoms with Gasteiger partial charge in [-0.05, 0) is 49.6 Å². The molecule has 2 aromatic rings. The van der Waals surface area contributed by atoms with Crippen LogP contribution in [0.15, 0.2) is 30.3 Å². The molecule has 6 nitrogen and oxygen atoms in total. The van der Waals surface area contributed by atoms with Crippen molar-refractivity contribution in [2.45, 2.75) is 25.9 Å². The Morgan fingerprint density at radius 3 is 2.74 bits per heavy atom. The summed E-state index contributed by atoms with van der Waals surface area (Å²) in [5.74, 6) is 0.799. The van der Waals surface area contributed by atoms with E-state index in [0.29, 0.717) is 23.3 Å². The lowest BCUT2D eigenvalue weighted by molar-refractivity contribution is -0.124. The van der Waals surface area contributed by atoms with Crippen molar-refractivity contribution in [3.05, 3.63) is 40.9 Å². The quantitative estimate of drug-likeness (QED) is 0.898. The lowest BCUT2D eigenvalue weighted by Gasteiger charge is -2.11. The van der Waals surface area contributed by atoms with Crippen LogP contribution in [0.4, 0.5) is 17.3 Å². The minimum atomic E-state index is -0.385. The Bertz CT molecular complexity index is 700. The van der Waals surface area contributed by atoms with Crippen LogP contribution in [0.1, 0.15) is 18.4 Å². The van der Waals surface area contributed by atoms with E-state index in [1.807, 2.05) is 25.1 Å². The molecule has 120 valence electrons. The Hall–Kier alpha value is -2.18. The van der Waals surface area contributed by atoms with Crippen molar-refractivity contribution in [2.24, 2.45) is 0 Å². The highest BCUT2D eigenvalue weighted by molar-refractivity contribution is 6.31. The van der Waals surface area contributed by atoms with Crippen LogP contribution in [-0.4, -0.2) is 28.8 Å². The Morgan fingerprint density at radius 2 is 2.04 bits per heavy atom. The number of aromatic nitrogens is 2. The number of nitrogens with one attached hydrogen (secondary N) is 2. The fourth-order valence-electron chi connectivity index (χ4n) is 2.34. The SMILES string of the molecule is Cc1c(Cl)cccc1Nc1ccc(NC(=O)C2CCCO2)nn1. The summed E-state index contributed by atoms with van der Waals surface area (Å²) in [5.41, 5.74) is 1.80. The molecule has 1 atom stereocenters. The number of ether oxygens (including phenoxy) is 1. The second-order valence-corrected chi connectivity index (χ2v) is 5.74. The van der Waals surface area contributed by atoms with Crippen LogP contribution < -0.4 is 10.6 Å². The third kappa shape index (κ3) is 3.78. The number of hydrogen-bond acceptors (Lipinski definition) is 5. The molecule has 3 rings (SSSR count). The van der Waals surface area contributed by atoms with E-state index in [1.165, 1.54) is 0 Å². The number of carbonyl (C=O) groups is 1. The van der Waals surface area contributed by atoms with E-state index in [9.17, 15) is 4.79 Å². The van der Waals surface area contributed by atoms with Crippen LogP contribution in [0.3, 0.4) is 0 Å². The van der Waals surface area contributed by atoms with Crippen molar-refractivity contribution in [3.63, 3.8) is 0 Å².